The van der Waals surface area contributed by atoms with E-state index in [-0.39, 0.29) is 42.5 Å². The van der Waals surface area contributed by atoms with Gasteiger partial charge in [-0.2, -0.15) is 13.5 Å². The van der Waals surface area contributed by atoms with Gasteiger partial charge >= 0.3 is 52.0 Å². The van der Waals surface area contributed by atoms with Crippen molar-refractivity contribution in [1.82, 2.24) is 25.7 Å². The number of fused-ring (bicyclic) bond motifs is 2. The van der Waals surface area contributed by atoms with Gasteiger partial charge in [-0.3, -0.25) is 14.8 Å². The van der Waals surface area contributed by atoms with Crippen LogP contribution in [-0.2, 0) is 19.5 Å². The number of nitrogens with one attached hydrogen (secondary N) is 2. The average molecular weight is 403 g/mol. The molecular weight excluding hydrogens is 381 g/mol. The maximum atomic E-state index is 12.3. The molecule has 2 fully saturated rings. The molecule has 0 saturated carbocycles. The zero-order valence-corrected chi connectivity index (χ0v) is 14.7. The van der Waals surface area contributed by atoms with Crippen molar-refractivity contribution in [3.8, 4) is 0 Å². The first kappa shape index (κ1) is 22.9. The fourth-order valence-electron chi connectivity index (χ4n) is 2.89. The Bertz CT molecular complexity index is 656. The van der Waals surface area contributed by atoms with E-state index in [0.29, 0.717) is 24.6 Å². The molecule has 0 aromatic heterocycles. The number of carbonyl (C=O) groups excluding carboxylic acids is 3. The van der Waals surface area contributed by atoms with Crippen LogP contribution in [0.2, 0.25) is 0 Å². The monoisotopic (exact) mass is 403 g/mol. The van der Waals surface area contributed by atoms with Gasteiger partial charge in [-0.15, -0.1) is 4.28 Å². The molecule has 3 N–H and O–H groups in total. The number of piperidine rings is 1. The van der Waals surface area contributed by atoms with Gasteiger partial charge in [-0.1, -0.05) is 0 Å². The quantitative estimate of drug-likeness (QED) is 0.285. The van der Waals surface area contributed by atoms with E-state index >= 15 is 0 Å². The predicted molar refractivity (Wildman–Crippen MR) is 90.1 cm³/mol. The molecule has 0 radical (unpaired) electrons. The van der Waals surface area contributed by atoms with Crippen LogP contribution in [-0.4, -0.2) is 107 Å². The summed E-state index contributed by atoms with van der Waals surface area (Å²) < 4.78 is 34.7. The number of rotatable bonds is 5. The van der Waals surface area contributed by atoms with Gasteiger partial charge in [0.2, 0.25) is 0 Å². The normalized spacial score (nSPS) is 21.9. The molecule has 26 heavy (non-hydrogen) atoms. The fraction of sp³-hybridized carbons (Fsp3) is 0.750. The first-order chi connectivity index (χ1) is 11.7. The first-order valence-electron chi connectivity index (χ1n) is 7.79. The van der Waals surface area contributed by atoms with Crippen molar-refractivity contribution in [2.75, 3.05) is 19.6 Å². The van der Waals surface area contributed by atoms with Crippen LogP contribution in [0.3, 0.4) is 0 Å². The number of hydroxylamine groups is 2. The van der Waals surface area contributed by atoms with Crippen LogP contribution in [0.15, 0.2) is 0 Å². The van der Waals surface area contributed by atoms with Gasteiger partial charge in [0.05, 0.1) is 6.04 Å². The summed E-state index contributed by atoms with van der Waals surface area (Å²) in [5.74, 6) is -0.596. The van der Waals surface area contributed by atoms with Crippen LogP contribution >= 0.6 is 0 Å². The van der Waals surface area contributed by atoms with Gasteiger partial charge in [0.15, 0.2) is 0 Å². The number of hydrogen-bond acceptors (Lipinski definition) is 6. The molecule has 0 unspecified atom stereocenters. The molecule has 5 amide bonds. The number of carbonyl (C=O) groups is 3. The number of hydrogen-bond donors (Lipinski definition) is 3. The second-order valence-corrected chi connectivity index (χ2v) is 6.61. The van der Waals surface area contributed by atoms with Crippen molar-refractivity contribution < 1.29 is 31.6 Å². The van der Waals surface area contributed by atoms with Crippen LogP contribution < -0.4 is 10.9 Å². The van der Waals surface area contributed by atoms with E-state index in [9.17, 15) is 22.8 Å². The zero-order valence-electron chi connectivity index (χ0n) is 13.8. The Kier molecular flexibility index (Phi) is 8.10. The Hall–Kier alpha value is -1.12. The van der Waals surface area contributed by atoms with Crippen molar-refractivity contribution in [3.05, 3.63) is 0 Å². The summed E-state index contributed by atoms with van der Waals surface area (Å²) in [5.41, 5.74) is 4.54. The van der Waals surface area contributed by atoms with Crippen molar-refractivity contribution in [2.24, 2.45) is 0 Å². The van der Waals surface area contributed by atoms with Crippen molar-refractivity contribution in [3.63, 3.8) is 0 Å². The van der Waals surface area contributed by atoms with Crippen LogP contribution in [0, 0.1) is 0 Å². The van der Waals surface area contributed by atoms with Gasteiger partial charge in [-0.25, -0.2) is 15.0 Å². The summed E-state index contributed by atoms with van der Waals surface area (Å²) in [6, 6.07) is -2.77. The number of nitrogens with zero attached hydrogens (tertiary/aromatic N) is 3. The summed E-state index contributed by atoms with van der Waals surface area (Å²) in [4.78, 5) is 38.9. The Labute approximate surface area is 173 Å². The summed E-state index contributed by atoms with van der Waals surface area (Å²) >= 11 is 0. The van der Waals surface area contributed by atoms with Gasteiger partial charge < -0.3 is 9.80 Å². The van der Waals surface area contributed by atoms with Gasteiger partial charge in [0.25, 0.3) is 5.91 Å². The molecule has 2 atom stereocenters. The second-order valence-electron chi connectivity index (χ2n) is 5.60. The molecule has 2 heterocycles. The molecule has 2 aliphatic heterocycles. The van der Waals surface area contributed by atoms with Crippen LogP contribution in [0.4, 0.5) is 9.59 Å². The average Bonchev–Trinajstić information content (AvgIpc) is 2.77. The van der Waals surface area contributed by atoms with Crippen LogP contribution in [0.5, 0.6) is 0 Å². The van der Waals surface area contributed by atoms with E-state index in [1.807, 2.05) is 0 Å². The summed E-state index contributed by atoms with van der Waals surface area (Å²) in [6.45, 7) is 4.60. The van der Waals surface area contributed by atoms with Gasteiger partial charge in [-0.05, 0) is 26.7 Å². The molecule has 144 valence electrons. The Morgan fingerprint density at radius 3 is 2.42 bits per heavy atom. The minimum atomic E-state index is -4.84. The number of hydrazine groups is 1. The van der Waals surface area contributed by atoms with Gasteiger partial charge in [0.1, 0.15) is 6.04 Å². The van der Waals surface area contributed by atoms with Crippen molar-refractivity contribution in [2.45, 2.75) is 38.8 Å². The summed E-state index contributed by atoms with van der Waals surface area (Å²) in [5, 5.41) is 0.553. The Balaban J connectivity index is 0.00000338. The minimum absolute atomic E-state index is 0. The SMILES string of the molecule is CCN(CC)C(=O)NNC(=O)[C@@H]1CC[C@@H]2CN1C(=O)N2OS(=O)(=O)O.[NaH]. The molecule has 14 heteroatoms. The van der Waals surface area contributed by atoms with E-state index in [0.717, 1.165) is 4.90 Å². The standard InChI is InChI=1S/C12H21N5O7S.Na.H/c1-3-15(4-2)11(19)14-13-10(18)9-6-5-8-7-16(9)12(20)17(8)24-25(21,22)23;;/h8-9H,3-7H2,1-2H3,(H,13,18)(H,14,19)(H,21,22,23);;/t8-,9+;;/m1../s1. The number of amides is 5. The summed E-state index contributed by atoms with van der Waals surface area (Å²) in [7, 11) is -4.84. The zero-order chi connectivity index (χ0) is 18.8. The molecule has 12 nitrogen and oxygen atoms in total. The van der Waals surface area contributed by atoms with Gasteiger partial charge in [0, 0.05) is 19.6 Å². The number of urea groups is 2. The molecule has 0 aliphatic carbocycles. The molecule has 2 bridgehead atoms. The topological polar surface area (TPSA) is 149 Å². The predicted octanol–water partition coefficient (Wildman–Crippen LogP) is -1.58. The molecule has 0 aromatic rings. The Morgan fingerprint density at radius 2 is 1.88 bits per heavy atom. The molecule has 0 aromatic carbocycles. The first-order valence-corrected chi connectivity index (χ1v) is 9.16. The van der Waals surface area contributed by atoms with E-state index in [2.05, 4.69) is 15.1 Å². The van der Waals surface area contributed by atoms with E-state index in [4.69, 9.17) is 4.55 Å². The molecule has 2 saturated heterocycles. The van der Waals surface area contributed by atoms with Crippen molar-refractivity contribution in [1.29, 1.82) is 0 Å². The second kappa shape index (κ2) is 9.19. The third-order valence-corrected chi connectivity index (χ3v) is 4.49. The van der Waals surface area contributed by atoms with Crippen LogP contribution in [0.1, 0.15) is 26.7 Å². The molecule has 2 aliphatic rings. The molecule has 0 spiro atoms. The van der Waals surface area contributed by atoms with E-state index < -0.39 is 40.5 Å². The molecular formula is C12H22N5NaO7S. The maximum absolute atomic E-state index is 12.3. The fourth-order valence-corrected chi connectivity index (χ4v) is 3.28. The third kappa shape index (κ3) is 5.20. The van der Waals surface area contributed by atoms with E-state index in [1.165, 1.54) is 4.90 Å². The Morgan fingerprint density at radius 1 is 1.27 bits per heavy atom. The third-order valence-electron chi connectivity index (χ3n) is 4.14. The molecule has 2 rings (SSSR count). The van der Waals surface area contributed by atoms with E-state index in [1.54, 1.807) is 13.8 Å². The van der Waals surface area contributed by atoms with Crippen molar-refractivity contribution >= 4 is 57.9 Å². The summed E-state index contributed by atoms with van der Waals surface area (Å²) in [6.07, 6.45) is 0.564. The van der Waals surface area contributed by atoms with Crippen LogP contribution in [0.25, 0.3) is 0 Å².